The standard InChI is InChI=1S/C29H40O6/c1-3-5-6-7-10-21-32-25-15-13-24(14-16-25)29(31)35-27-19-17-26(18-20-27)33-22-11-8-9-12-23-34-28(30)4-2/h13-20H,3-12,21-23H2,1-2H3. The molecule has 0 fully saturated rings. The van der Waals surface area contributed by atoms with E-state index in [1.807, 2.05) is 0 Å². The maximum Gasteiger partial charge on any atom is 0.343 e. The third kappa shape index (κ3) is 12.3. The number of carbonyl (C=O) groups excluding carboxylic acids is 2. The van der Waals surface area contributed by atoms with Crippen molar-refractivity contribution in [1.82, 2.24) is 0 Å². The molecule has 2 aromatic carbocycles. The Balaban J connectivity index is 1.62. The van der Waals surface area contributed by atoms with Crippen LogP contribution in [0.3, 0.4) is 0 Å². The SMILES string of the molecule is CCCCCCCOc1ccc(C(=O)Oc2ccc(OCCCCCCOC(=O)CC)cc2)cc1. The molecule has 0 amide bonds. The van der Waals surface area contributed by atoms with E-state index in [4.69, 9.17) is 18.9 Å². The van der Waals surface area contributed by atoms with Crippen LogP contribution in [0.1, 0.15) is 88.4 Å². The summed E-state index contributed by atoms with van der Waals surface area (Å²) < 4.78 is 22.0. The smallest absolute Gasteiger partial charge is 0.343 e. The molecule has 0 aliphatic heterocycles. The lowest BCUT2D eigenvalue weighted by Crippen LogP contribution is -2.08. The Kier molecular flexibility index (Phi) is 14.0. The number of unbranched alkanes of at least 4 members (excludes halogenated alkanes) is 7. The molecule has 0 heterocycles. The van der Waals surface area contributed by atoms with Gasteiger partial charge in [-0.3, -0.25) is 4.79 Å². The van der Waals surface area contributed by atoms with Crippen LogP contribution in [0.4, 0.5) is 0 Å². The highest BCUT2D eigenvalue weighted by atomic mass is 16.5. The van der Waals surface area contributed by atoms with Gasteiger partial charge in [0.2, 0.25) is 0 Å². The highest BCUT2D eigenvalue weighted by molar-refractivity contribution is 5.91. The first-order valence-electron chi connectivity index (χ1n) is 13.0. The zero-order valence-corrected chi connectivity index (χ0v) is 21.3. The summed E-state index contributed by atoms with van der Waals surface area (Å²) in [6.45, 7) is 5.79. The molecule has 6 nitrogen and oxygen atoms in total. The molecule has 0 atom stereocenters. The molecule has 2 aromatic rings. The van der Waals surface area contributed by atoms with Crippen molar-refractivity contribution in [3.05, 3.63) is 54.1 Å². The van der Waals surface area contributed by atoms with Crippen LogP contribution < -0.4 is 14.2 Å². The number of esters is 2. The van der Waals surface area contributed by atoms with Crippen LogP contribution in [0.25, 0.3) is 0 Å². The lowest BCUT2D eigenvalue weighted by Gasteiger charge is -2.09. The van der Waals surface area contributed by atoms with Crippen LogP contribution in [0.15, 0.2) is 48.5 Å². The monoisotopic (exact) mass is 484 g/mol. The van der Waals surface area contributed by atoms with Gasteiger partial charge in [-0.05, 0) is 80.6 Å². The zero-order chi connectivity index (χ0) is 25.1. The second-order valence-electron chi connectivity index (χ2n) is 8.48. The predicted octanol–water partition coefficient (Wildman–Crippen LogP) is 7.15. The fourth-order valence-corrected chi connectivity index (χ4v) is 3.39. The first-order chi connectivity index (χ1) is 17.1. The Morgan fingerprint density at radius 3 is 1.63 bits per heavy atom. The number of rotatable bonds is 18. The van der Waals surface area contributed by atoms with Gasteiger partial charge < -0.3 is 18.9 Å². The van der Waals surface area contributed by atoms with Crippen LogP contribution in [0, 0.1) is 0 Å². The van der Waals surface area contributed by atoms with Crippen molar-refractivity contribution in [3.63, 3.8) is 0 Å². The number of ether oxygens (including phenoxy) is 4. The van der Waals surface area contributed by atoms with Crippen LogP contribution in [0.2, 0.25) is 0 Å². The molecule has 0 aromatic heterocycles. The van der Waals surface area contributed by atoms with Crippen molar-refractivity contribution >= 4 is 11.9 Å². The number of benzene rings is 2. The maximum absolute atomic E-state index is 12.4. The molecule has 0 unspecified atom stereocenters. The fourth-order valence-electron chi connectivity index (χ4n) is 3.39. The predicted molar refractivity (Wildman–Crippen MR) is 137 cm³/mol. The summed E-state index contributed by atoms with van der Waals surface area (Å²) in [5, 5.41) is 0. The fraction of sp³-hybridized carbons (Fsp3) is 0.517. The first-order valence-corrected chi connectivity index (χ1v) is 13.0. The van der Waals surface area contributed by atoms with Gasteiger partial charge in [0, 0.05) is 6.42 Å². The Hall–Kier alpha value is -3.02. The summed E-state index contributed by atoms with van der Waals surface area (Å²) in [6, 6.07) is 14.1. The summed E-state index contributed by atoms with van der Waals surface area (Å²) in [7, 11) is 0. The van der Waals surface area contributed by atoms with Crippen molar-refractivity contribution in [2.45, 2.75) is 78.1 Å². The molecule has 0 bridgehead atoms. The van der Waals surface area contributed by atoms with E-state index in [1.54, 1.807) is 55.5 Å². The largest absolute Gasteiger partial charge is 0.494 e. The van der Waals surface area contributed by atoms with Gasteiger partial charge in [-0.15, -0.1) is 0 Å². The third-order valence-corrected chi connectivity index (χ3v) is 5.50. The molecule has 0 radical (unpaired) electrons. The normalized spacial score (nSPS) is 10.6. The topological polar surface area (TPSA) is 71.1 Å². The van der Waals surface area contributed by atoms with E-state index in [-0.39, 0.29) is 5.97 Å². The molecular formula is C29H40O6. The minimum absolute atomic E-state index is 0.145. The molecule has 192 valence electrons. The van der Waals surface area contributed by atoms with E-state index in [0.717, 1.165) is 43.6 Å². The van der Waals surface area contributed by atoms with Crippen molar-refractivity contribution < 1.29 is 28.5 Å². The average molecular weight is 485 g/mol. The van der Waals surface area contributed by atoms with Crippen molar-refractivity contribution in [2.24, 2.45) is 0 Å². The van der Waals surface area contributed by atoms with Crippen molar-refractivity contribution in [1.29, 1.82) is 0 Å². The molecule has 0 N–H and O–H groups in total. The molecule has 0 spiro atoms. The summed E-state index contributed by atoms with van der Waals surface area (Å²) in [5.41, 5.74) is 0.477. The minimum atomic E-state index is -0.408. The van der Waals surface area contributed by atoms with Gasteiger partial charge in [-0.25, -0.2) is 4.79 Å². The number of hydrogen-bond acceptors (Lipinski definition) is 6. The Labute approximate surface area is 209 Å². The molecule has 0 saturated heterocycles. The van der Waals surface area contributed by atoms with E-state index in [2.05, 4.69) is 6.92 Å². The molecule has 0 aliphatic carbocycles. The van der Waals surface area contributed by atoms with Gasteiger partial charge in [-0.1, -0.05) is 39.5 Å². The van der Waals surface area contributed by atoms with E-state index in [1.165, 1.54) is 25.7 Å². The highest BCUT2D eigenvalue weighted by Crippen LogP contribution is 2.20. The van der Waals surface area contributed by atoms with Crippen LogP contribution in [-0.4, -0.2) is 31.8 Å². The quantitative estimate of drug-likeness (QED) is 0.127. The van der Waals surface area contributed by atoms with Crippen LogP contribution in [-0.2, 0) is 9.53 Å². The zero-order valence-electron chi connectivity index (χ0n) is 21.3. The van der Waals surface area contributed by atoms with Gasteiger partial charge in [0.05, 0.1) is 25.4 Å². The van der Waals surface area contributed by atoms with Gasteiger partial charge in [-0.2, -0.15) is 0 Å². The molecule has 6 heteroatoms. The second kappa shape index (κ2) is 17.4. The Bertz CT molecular complexity index is 844. The maximum atomic E-state index is 12.4. The summed E-state index contributed by atoms with van der Waals surface area (Å²) >= 11 is 0. The molecular weight excluding hydrogens is 444 g/mol. The third-order valence-electron chi connectivity index (χ3n) is 5.50. The van der Waals surface area contributed by atoms with Crippen molar-refractivity contribution in [2.75, 3.05) is 19.8 Å². The lowest BCUT2D eigenvalue weighted by atomic mass is 10.2. The van der Waals surface area contributed by atoms with Crippen LogP contribution >= 0.6 is 0 Å². The summed E-state index contributed by atoms with van der Waals surface area (Å²) in [5.74, 6) is 1.41. The Morgan fingerprint density at radius 1 is 0.600 bits per heavy atom. The van der Waals surface area contributed by atoms with E-state index in [0.29, 0.717) is 37.6 Å². The van der Waals surface area contributed by atoms with Crippen molar-refractivity contribution in [3.8, 4) is 17.2 Å². The first kappa shape index (κ1) is 28.2. The van der Waals surface area contributed by atoms with Gasteiger partial charge in [0.25, 0.3) is 0 Å². The van der Waals surface area contributed by atoms with E-state index in [9.17, 15) is 9.59 Å². The molecule has 0 aliphatic rings. The second-order valence-corrected chi connectivity index (χ2v) is 8.48. The van der Waals surface area contributed by atoms with Gasteiger partial charge in [0.1, 0.15) is 17.2 Å². The number of carbonyl (C=O) groups is 2. The van der Waals surface area contributed by atoms with Gasteiger partial charge in [0.15, 0.2) is 0 Å². The summed E-state index contributed by atoms with van der Waals surface area (Å²) in [4.78, 5) is 23.5. The Morgan fingerprint density at radius 2 is 1.09 bits per heavy atom. The molecule has 2 rings (SSSR count). The number of hydrogen-bond donors (Lipinski definition) is 0. The van der Waals surface area contributed by atoms with Crippen LogP contribution in [0.5, 0.6) is 17.2 Å². The summed E-state index contributed by atoms with van der Waals surface area (Å²) in [6.07, 6.45) is 10.2. The van der Waals surface area contributed by atoms with E-state index < -0.39 is 5.97 Å². The molecule has 0 saturated carbocycles. The average Bonchev–Trinajstić information content (AvgIpc) is 2.88. The minimum Gasteiger partial charge on any atom is -0.494 e. The van der Waals surface area contributed by atoms with Gasteiger partial charge >= 0.3 is 11.9 Å². The molecule has 35 heavy (non-hydrogen) atoms. The van der Waals surface area contributed by atoms with E-state index >= 15 is 0 Å². The lowest BCUT2D eigenvalue weighted by molar-refractivity contribution is -0.143. The highest BCUT2D eigenvalue weighted by Gasteiger charge is 2.09.